The van der Waals surface area contributed by atoms with Crippen molar-refractivity contribution in [1.82, 2.24) is 20.2 Å². The fourth-order valence-corrected chi connectivity index (χ4v) is 2.75. The Balaban J connectivity index is 2.04. The summed E-state index contributed by atoms with van der Waals surface area (Å²) in [6.07, 6.45) is 0. The summed E-state index contributed by atoms with van der Waals surface area (Å²) in [5.74, 6) is 0.759. The highest BCUT2D eigenvalue weighted by atomic mass is 79.9. The first-order chi connectivity index (χ1) is 9.06. The SMILES string of the molecule is CC(C)Cn1nnnc1SCc1ccc(Br)cc1F. The zero-order valence-electron chi connectivity index (χ0n) is 10.7. The Morgan fingerprint density at radius 1 is 1.42 bits per heavy atom. The lowest BCUT2D eigenvalue weighted by Crippen LogP contribution is -2.07. The molecule has 0 saturated carbocycles. The Morgan fingerprint density at radius 3 is 2.89 bits per heavy atom. The highest BCUT2D eigenvalue weighted by molar-refractivity contribution is 9.10. The fraction of sp³-hybridized carbons (Fsp3) is 0.417. The first-order valence-corrected chi connectivity index (χ1v) is 7.67. The molecule has 0 fully saturated rings. The molecule has 1 aromatic heterocycles. The third-order valence-corrected chi connectivity index (χ3v) is 3.91. The lowest BCUT2D eigenvalue weighted by molar-refractivity contribution is 0.445. The topological polar surface area (TPSA) is 43.6 Å². The second-order valence-electron chi connectivity index (χ2n) is 4.56. The van der Waals surface area contributed by atoms with Crippen molar-refractivity contribution in [3.05, 3.63) is 34.1 Å². The van der Waals surface area contributed by atoms with Crippen molar-refractivity contribution < 1.29 is 4.39 Å². The molecule has 1 heterocycles. The molecule has 0 spiro atoms. The maximum absolute atomic E-state index is 13.7. The minimum absolute atomic E-state index is 0.218. The molecular weight excluding hydrogens is 331 g/mol. The molecule has 0 aliphatic heterocycles. The summed E-state index contributed by atoms with van der Waals surface area (Å²) in [5.41, 5.74) is 0.646. The van der Waals surface area contributed by atoms with E-state index >= 15 is 0 Å². The number of rotatable bonds is 5. The third-order valence-electron chi connectivity index (χ3n) is 2.41. The predicted molar refractivity (Wildman–Crippen MR) is 76.3 cm³/mol. The molecule has 0 radical (unpaired) electrons. The Kier molecular flexibility index (Phi) is 4.93. The Hall–Kier alpha value is -0.950. The summed E-state index contributed by atoms with van der Waals surface area (Å²) in [6.45, 7) is 4.97. The van der Waals surface area contributed by atoms with Crippen LogP contribution in [0.15, 0.2) is 27.8 Å². The molecule has 0 atom stereocenters. The van der Waals surface area contributed by atoms with E-state index in [2.05, 4.69) is 45.3 Å². The van der Waals surface area contributed by atoms with E-state index in [4.69, 9.17) is 0 Å². The Bertz CT molecular complexity index is 558. The molecular formula is C12H14BrFN4S. The highest BCUT2D eigenvalue weighted by Gasteiger charge is 2.10. The van der Waals surface area contributed by atoms with Crippen molar-refractivity contribution in [2.45, 2.75) is 31.3 Å². The quantitative estimate of drug-likeness (QED) is 0.778. The molecule has 0 aliphatic rings. The van der Waals surface area contributed by atoms with Crippen LogP contribution in [0.3, 0.4) is 0 Å². The van der Waals surface area contributed by atoms with Crippen molar-refractivity contribution in [2.24, 2.45) is 5.92 Å². The lowest BCUT2D eigenvalue weighted by atomic mass is 10.2. The standard InChI is InChI=1S/C12H14BrFN4S/c1-8(2)6-18-12(15-16-17-18)19-7-9-3-4-10(13)5-11(9)14/h3-5,8H,6-7H2,1-2H3. The Labute approximate surface area is 123 Å². The summed E-state index contributed by atoms with van der Waals surface area (Å²) in [5, 5.41) is 12.3. The second kappa shape index (κ2) is 6.47. The van der Waals surface area contributed by atoms with Gasteiger partial charge in [-0.05, 0) is 34.0 Å². The van der Waals surface area contributed by atoms with Crippen LogP contribution in [0.1, 0.15) is 19.4 Å². The van der Waals surface area contributed by atoms with Gasteiger partial charge in [0.1, 0.15) is 5.82 Å². The smallest absolute Gasteiger partial charge is 0.209 e. The number of halogens is 2. The van der Waals surface area contributed by atoms with Crippen molar-refractivity contribution in [3.63, 3.8) is 0 Å². The van der Waals surface area contributed by atoms with Crippen LogP contribution in [-0.2, 0) is 12.3 Å². The molecule has 0 aliphatic carbocycles. The van der Waals surface area contributed by atoms with Crippen molar-refractivity contribution >= 4 is 27.7 Å². The van der Waals surface area contributed by atoms with Crippen LogP contribution in [0.25, 0.3) is 0 Å². The number of tetrazole rings is 1. The van der Waals surface area contributed by atoms with Crippen LogP contribution >= 0.6 is 27.7 Å². The monoisotopic (exact) mass is 344 g/mol. The second-order valence-corrected chi connectivity index (χ2v) is 6.42. The van der Waals surface area contributed by atoms with Crippen LogP contribution in [0.4, 0.5) is 4.39 Å². The molecule has 19 heavy (non-hydrogen) atoms. The molecule has 4 nitrogen and oxygen atoms in total. The summed E-state index contributed by atoms with van der Waals surface area (Å²) < 4.78 is 16.2. The van der Waals surface area contributed by atoms with E-state index in [0.717, 1.165) is 16.2 Å². The van der Waals surface area contributed by atoms with E-state index in [1.54, 1.807) is 10.7 Å². The van der Waals surface area contributed by atoms with Gasteiger partial charge < -0.3 is 0 Å². The van der Waals surface area contributed by atoms with Crippen LogP contribution in [0.2, 0.25) is 0 Å². The maximum atomic E-state index is 13.7. The van der Waals surface area contributed by atoms with Gasteiger partial charge in [-0.2, -0.15) is 0 Å². The van der Waals surface area contributed by atoms with Gasteiger partial charge in [-0.15, -0.1) is 5.10 Å². The number of nitrogens with zero attached hydrogens (tertiary/aromatic N) is 4. The van der Waals surface area contributed by atoms with Crippen LogP contribution in [-0.4, -0.2) is 20.2 Å². The number of hydrogen-bond acceptors (Lipinski definition) is 4. The molecule has 7 heteroatoms. The van der Waals surface area contributed by atoms with Gasteiger partial charge in [0.25, 0.3) is 0 Å². The van der Waals surface area contributed by atoms with Crippen LogP contribution in [0, 0.1) is 11.7 Å². The van der Waals surface area contributed by atoms with Crippen molar-refractivity contribution in [2.75, 3.05) is 0 Å². The third kappa shape index (κ3) is 4.01. The normalized spacial score (nSPS) is 11.2. The minimum atomic E-state index is -0.218. The first-order valence-electron chi connectivity index (χ1n) is 5.89. The molecule has 2 rings (SSSR count). The highest BCUT2D eigenvalue weighted by Crippen LogP contribution is 2.24. The number of benzene rings is 1. The van der Waals surface area contributed by atoms with E-state index < -0.39 is 0 Å². The van der Waals surface area contributed by atoms with Gasteiger partial charge in [0, 0.05) is 16.8 Å². The fourth-order valence-electron chi connectivity index (χ4n) is 1.54. The maximum Gasteiger partial charge on any atom is 0.209 e. The Morgan fingerprint density at radius 2 is 2.21 bits per heavy atom. The summed E-state index contributed by atoms with van der Waals surface area (Å²) in [4.78, 5) is 0. The average Bonchev–Trinajstić information content (AvgIpc) is 2.74. The molecule has 1 aromatic carbocycles. The van der Waals surface area contributed by atoms with Crippen molar-refractivity contribution in [3.8, 4) is 0 Å². The van der Waals surface area contributed by atoms with E-state index in [1.807, 2.05) is 6.07 Å². The van der Waals surface area contributed by atoms with Gasteiger partial charge in [-0.25, -0.2) is 9.07 Å². The van der Waals surface area contributed by atoms with Crippen LogP contribution in [0.5, 0.6) is 0 Å². The number of thioether (sulfide) groups is 1. The van der Waals surface area contributed by atoms with Crippen molar-refractivity contribution in [1.29, 1.82) is 0 Å². The van der Waals surface area contributed by atoms with Gasteiger partial charge in [0.2, 0.25) is 5.16 Å². The molecule has 0 saturated heterocycles. The van der Waals surface area contributed by atoms with E-state index in [9.17, 15) is 4.39 Å². The van der Waals surface area contributed by atoms with E-state index in [1.165, 1.54) is 17.8 Å². The molecule has 0 bridgehead atoms. The number of aromatic nitrogens is 4. The average molecular weight is 345 g/mol. The number of hydrogen-bond donors (Lipinski definition) is 0. The van der Waals surface area contributed by atoms with Gasteiger partial charge in [0.15, 0.2) is 0 Å². The van der Waals surface area contributed by atoms with Gasteiger partial charge >= 0.3 is 0 Å². The molecule has 0 unspecified atom stereocenters. The zero-order chi connectivity index (χ0) is 13.8. The first kappa shape index (κ1) is 14.5. The van der Waals surface area contributed by atoms with Gasteiger partial charge in [0.05, 0.1) is 0 Å². The summed E-state index contributed by atoms with van der Waals surface area (Å²) >= 11 is 4.68. The summed E-state index contributed by atoms with van der Waals surface area (Å²) in [7, 11) is 0. The summed E-state index contributed by atoms with van der Waals surface area (Å²) in [6, 6.07) is 5.06. The minimum Gasteiger partial charge on any atom is -0.220 e. The zero-order valence-corrected chi connectivity index (χ0v) is 13.1. The van der Waals surface area contributed by atoms with Crippen LogP contribution < -0.4 is 0 Å². The van der Waals surface area contributed by atoms with E-state index in [-0.39, 0.29) is 5.82 Å². The molecule has 0 N–H and O–H groups in total. The van der Waals surface area contributed by atoms with E-state index in [0.29, 0.717) is 17.2 Å². The van der Waals surface area contributed by atoms with Gasteiger partial charge in [-0.3, -0.25) is 0 Å². The molecule has 0 amide bonds. The largest absolute Gasteiger partial charge is 0.220 e. The molecule has 2 aromatic rings. The molecule has 102 valence electrons. The predicted octanol–water partition coefficient (Wildman–Crippen LogP) is 3.52. The van der Waals surface area contributed by atoms with Gasteiger partial charge in [-0.1, -0.05) is 47.6 Å². The lowest BCUT2D eigenvalue weighted by Gasteiger charge is -2.07.